The van der Waals surface area contributed by atoms with Gasteiger partial charge >= 0.3 is 0 Å². The molecule has 1 fully saturated rings. The van der Waals surface area contributed by atoms with Gasteiger partial charge in [0.2, 0.25) is 10.0 Å². The standard InChI is InChI=1S/C19H18ClN3O3S/c20-16-7-4-8-17(13-16)27(24,25)23-11-9-14(10-12-23)18-21-19(26-22-18)15-5-2-1-3-6-15/h1-8,13-14H,9-12H2. The molecule has 1 aromatic heterocycles. The van der Waals surface area contributed by atoms with Gasteiger partial charge in [0.05, 0.1) is 4.90 Å². The summed E-state index contributed by atoms with van der Waals surface area (Å²) < 4.78 is 32.4. The van der Waals surface area contributed by atoms with Crippen molar-refractivity contribution in [2.45, 2.75) is 23.7 Å². The average molecular weight is 404 g/mol. The zero-order valence-electron chi connectivity index (χ0n) is 14.5. The SMILES string of the molecule is O=S(=O)(c1cccc(Cl)c1)N1CCC(c2noc(-c3ccccc3)n2)CC1. The van der Waals surface area contributed by atoms with Crippen LogP contribution in [0.4, 0.5) is 0 Å². The first-order chi connectivity index (χ1) is 13.0. The second-order valence-electron chi connectivity index (χ2n) is 6.46. The van der Waals surface area contributed by atoms with E-state index in [1.165, 1.54) is 10.4 Å². The van der Waals surface area contributed by atoms with Gasteiger partial charge < -0.3 is 4.52 Å². The van der Waals surface area contributed by atoms with Crippen LogP contribution in [0.15, 0.2) is 64.0 Å². The molecule has 0 N–H and O–H groups in total. The monoisotopic (exact) mass is 403 g/mol. The van der Waals surface area contributed by atoms with Gasteiger partial charge in [-0.25, -0.2) is 8.42 Å². The van der Waals surface area contributed by atoms with Gasteiger partial charge in [0.1, 0.15) is 0 Å². The molecule has 1 aliphatic rings. The predicted octanol–water partition coefficient (Wildman–Crippen LogP) is 3.96. The summed E-state index contributed by atoms with van der Waals surface area (Å²) >= 11 is 5.94. The van der Waals surface area contributed by atoms with Gasteiger partial charge in [-0.05, 0) is 43.2 Å². The van der Waals surface area contributed by atoms with Crippen molar-refractivity contribution in [1.82, 2.24) is 14.4 Å². The molecule has 140 valence electrons. The first-order valence-corrected chi connectivity index (χ1v) is 10.5. The molecule has 0 unspecified atom stereocenters. The fraction of sp³-hybridized carbons (Fsp3) is 0.263. The van der Waals surface area contributed by atoms with E-state index in [0.29, 0.717) is 42.7 Å². The fourth-order valence-corrected chi connectivity index (χ4v) is 5.00. The molecule has 1 aliphatic heterocycles. The number of benzene rings is 2. The minimum atomic E-state index is -3.54. The van der Waals surface area contributed by atoms with Crippen LogP contribution in [0.25, 0.3) is 11.5 Å². The highest BCUT2D eigenvalue weighted by Crippen LogP contribution is 2.31. The number of hydrogen-bond acceptors (Lipinski definition) is 5. The average Bonchev–Trinajstić information content (AvgIpc) is 3.19. The summed E-state index contributed by atoms with van der Waals surface area (Å²) in [7, 11) is -3.54. The first-order valence-electron chi connectivity index (χ1n) is 8.69. The molecular formula is C19H18ClN3O3S. The highest BCUT2D eigenvalue weighted by Gasteiger charge is 2.32. The van der Waals surface area contributed by atoms with Gasteiger partial charge in [0.15, 0.2) is 5.82 Å². The van der Waals surface area contributed by atoms with Gasteiger partial charge in [-0.2, -0.15) is 9.29 Å². The molecule has 0 radical (unpaired) electrons. The Morgan fingerprint density at radius 3 is 2.48 bits per heavy atom. The quantitative estimate of drug-likeness (QED) is 0.659. The molecule has 0 atom stereocenters. The molecule has 0 saturated carbocycles. The molecule has 0 spiro atoms. The van der Waals surface area contributed by atoms with Crippen molar-refractivity contribution >= 4 is 21.6 Å². The molecular weight excluding hydrogens is 386 g/mol. The maximum Gasteiger partial charge on any atom is 0.257 e. The summed E-state index contributed by atoms with van der Waals surface area (Å²) in [5.41, 5.74) is 0.872. The molecule has 2 heterocycles. The van der Waals surface area contributed by atoms with Gasteiger partial charge in [-0.3, -0.25) is 0 Å². The molecule has 0 bridgehead atoms. The van der Waals surface area contributed by atoms with E-state index in [1.54, 1.807) is 18.2 Å². The van der Waals surface area contributed by atoms with Crippen LogP contribution in [0.3, 0.4) is 0 Å². The summed E-state index contributed by atoms with van der Waals surface area (Å²) in [5.74, 6) is 1.20. The minimum Gasteiger partial charge on any atom is -0.334 e. The number of piperidine rings is 1. The first kappa shape index (κ1) is 18.2. The van der Waals surface area contributed by atoms with E-state index in [2.05, 4.69) is 10.1 Å². The number of nitrogens with zero attached hydrogens (tertiary/aromatic N) is 3. The summed E-state index contributed by atoms with van der Waals surface area (Å²) in [6, 6.07) is 15.9. The van der Waals surface area contributed by atoms with Crippen molar-refractivity contribution < 1.29 is 12.9 Å². The Morgan fingerprint density at radius 1 is 1.04 bits per heavy atom. The van der Waals surface area contributed by atoms with Crippen LogP contribution in [0.5, 0.6) is 0 Å². The Hall–Kier alpha value is -2.22. The van der Waals surface area contributed by atoms with Crippen LogP contribution < -0.4 is 0 Å². The second-order valence-corrected chi connectivity index (χ2v) is 8.83. The lowest BCUT2D eigenvalue weighted by Crippen LogP contribution is -2.38. The molecule has 3 aromatic rings. The summed E-state index contributed by atoms with van der Waals surface area (Å²) in [5, 5.41) is 4.51. The van der Waals surface area contributed by atoms with Crippen molar-refractivity contribution in [3.8, 4) is 11.5 Å². The van der Waals surface area contributed by atoms with E-state index >= 15 is 0 Å². The molecule has 1 saturated heterocycles. The van der Waals surface area contributed by atoms with E-state index in [4.69, 9.17) is 16.1 Å². The lowest BCUT2D eigenvalue weighted by atomic mass is 9.97. The largest absolute Gasteiger partial charge is 0.334 e. The molecule has 4 rings (SSSR count). The van der Waals surface area contributed by atoms with Crippen LogP contribution >= 0.6 is 11.6 Å². The van der Waals surface area contributed by atoms with Gasteiger partial charge in [0, 0.05) is 29.6 Å². The third kappa shape index (κ3) is 3.76. The van der Waals surface area contributed by atoms with Crippen molar-refractivity contribution in [2.75, 3.05) is 13.1 Å². The lowest BCUT2D eigenvalue weighted by Gasteiger charge is -2.29. The normalized spacial score (nSPS) is 16.5. The summed E-state index contributed by atoms with van der Waals surface area (Å²) in [4.78, 5) is 4.72. The number of sulfonamides is 1. The minimum absolute atomic E-state index is 0.0806. The molecule has 0 aliphatic carbocycles. The maximum atomic E-state index is 12.8. The van der Waals surface area contributed by atoms with E-state index in [1.807, 2.05) is 30.3 Å². The van der Waals surface area contributed by atoms with E-state index in [9.17, 15) is 8.42 Å². The van der Waals surface area contributed by atoms with Gasteiger partial charge in [-0.1, -0.05) is 41.0 Å². The third-order valence-electron chi connectivity index (χ3n) is 4.72. The number of rotatable bonds is 4. The van der Waals surface area contributed by atoms with Gasteiger partial charge in [-0.15, -0.1) is 0 Å². The Labute approximate surface area is 162 Å². The predicted molar refractivity (Wildman–Crippen MR) is 102 cm³/mol. The van der Waals surface area contributed by atoms with E-state index in [0.717, 1.165) is 5.56 Å². The van der Waals surface area contributed by atoms with Crippen molar-refractivity contribution in [2.24, 2.45) is 0 Å². The third-order valence-corrected chi connectivity index (χ3v) is 6.85. The van der Waals surface area contributed by atoms with Crippen LogP contribution in [0.2, 0.25) is 5.02 Å². The van der Waals surface area contributed by atoms with Crippen LogP contribution in [0.1, 0.15) is 24.6 Å². The molecule has 6 nitrogen and oxygen atoms in total. The van der Waals surface area contributed by atoms with Crippen molar-refractivity contribution in [1.29, 1.82) is 0 Å². The van der Waals surface area contributed by atoms with E-state index in [-0.39, 0.29) is 10.8 Å². The Kier molecular flexibility index (Phi) is 4.99. The molecule has 0 amide bonds. The highest BCUT2D eigenvalue weighted by molar-refractivity contribution is 7.89. The van der Waals surface area contributed by atoms with Gasteiger partial charge in [0.25, 0.3) is 5.89 Å². The lowest BCUT2D eigenvalue weighted by molar-refractivity contribution is 0.307. The second kappa shape index (κ2) is 7.42. The Morgan fingerprint density at radius 2 is 1.78 bits per heavy atom. The fourth-order valence-electron chi connectivity index (χ4n) is 3.23. The molecule has 27 heavy (non-hydrogen) atoms. The number of halogens is 1. The number of hydrogen-bond donors (Lipinski definition) is 0. The Bertz CT molecular complexity index is 1030. The van der Waals surface area contributed by atoms with Crippen molar-refractivity contribution in [3.05, 3.63) is 65.4 Å². The van der Waals surface area contributed by atoms with Crippen molar-refractivity contribution in [3.63, 3.8) is 0 Å². The maximum absolute atomic E-state index is 12.8. The zero-order valence-corrected chi connectivity index (χ0v) is 16.0. The zero-order chi connectivity index (χ0) is 18.9. The number of aromatic nitrogens is 2. The van der Waals surface area contributed by atoms with Crippen LogP contribution in [0, 0.1) is 0 Å². The van der Waals surface area contributed by atoms with E-state index < -0.39 is 10.0 Å². The van der Waals surface area contributed by atoms with Crippen LogP contribution in [-0.2, 0) is 10.0 Å². The van der Waals surface area contributed by atoms with Crippen LogP contribution in [-0.4, -0.2) is 36.0 Å². The Balaban J connectivity index is 1.46. The molecule has 2 aromatic carbocycles. The summed E-state index contributed by atoms with van der Waals surface area (Å²) in [6.07, 6.45) is 1.29. The topological polar surface area (TPSA) is 76.3 Å². The smallest absolute Gasteiger partial charge is 0.257 e. The highest BCUT2D eigenvalue weighted by atomic mass is 35.5. The molecule has 8 heteroatoms. The summed E-state index contributed by atoms with van der Waals surface area (Å²) in [6.45, 7) is 0.823.